The molecule has 2 aliphatic rings. The van der Waals surface area contributed by atoms with Crippen molar-refractivity contribution in [3.05, 3.63) is 42.0 Å². The summed E-state index contributed by atoms with van der Waals surface area (Å²) in [6, 6.07) is 10.2. The summed E-state index contributed by atoms with van der Waals surface area (Å²) in [5, 5.41) is 7.31. The number of hydroxylamine groups is 1. The Balaban J connectivity index is 1.40. The number of anilines is 1. The molecule has 2 aliphatic heterocycles. The highest BCUT2D eigenvalue weighted by Gasteiger charge is 2.57. The lowest BCUT2D eigenvalue weighted by Crippen LogP contribution is -2.68. The minimum absolute atomic E-state index is 0.00908. The van der Waals surface area contributed by atoms with Crippen LogP contribution >= 0.6 is 0 Å². The zero-order valence-corrected chi connectivity index (χ0v) is 26.1. The van der Waals surface area contributed by atoms with Gasteiger partial charge in [-0.1, -0.05) is 44.1 Å². The Kier molecular flexibility index (Phi) is 11.1. The minimum Gasteiger partial charge on any atom is -0.383 e. The number of aromatic nitrogens is 3. The molecule has 0 saturated carbocycles. The fourth-order valence-electron chi connectivity index (χ4n) is 6.84. The Morgan fingerprint density at radius 3 is 2.60 bits per heavy atom. The number of methoxy groups -OCH3 is 1. The van der Waals surface area contributed by atoms with Gasteiger partial charge in [-0.25, -0.2) is 0 Å². The number of carbonyl (C=O) groups excluding carboxylic acids is 1. The zero-order valence-electron chi connectivity index (χ0n) is 26.1. The molecule has 0 aliphatic carbocycles. The zero-order chi connectivity index (χ0) is 30.3. The molecular formula is C31H48FN7O3. The molecule has 3 heterocycles. The van der Waals surface area contributed by atoms with Crippen LogP contribution < -0.4 is 15.2 Å². The third kappa shape index (κ3) is 7.36. The summed E-state index contributed by atoms with van der Waals surface area (Å²) in [5.74, 6) is 0.381. The lowest BCUT2D eigenvalue weighted by Gasteiger charge is -2.60. The molecule has 11 heteroatoms. The highest BCUT2D eigenvalue weighted by atomic mass is 19.1. The first kappa shape index (κ1) is 32.0. The van der Waals surface area contributed by atoms with Crippen LogP contribution in [0.4, 0.5) is 10.2 Å². The van der Waals surface area contributed by atoms with Crippen LogP contribution in [0.1, 0.15) is 70.7 Å². The Morgan fingerprint density at radius 2 is 1.93 bits per heavy atom. The Morgan fingerprint density at radius 1 is 1.17 bits per heavy atom. The Labute approximate surface area is 249 Å². The molecule has 232 valence electrons. The fourth-order valence-corrected chi connectivity index (χ4v) is 6.84. The predicted molar refractivity (Wildman–Crippen MR) is 161 cm³/mol. The number of rotatable bonds is 15. The van der Waals surface area contributed by atoms with Crippen LogP contribution in [-0.4, -0.2) is 95.5 Å². The number of likely N-dealkylation sites (tertiary alicyclic amines) is 1. The van der Waals surface area contributed by atoms with E-state index in [0.717, 1.165) is 58.5 Å². The van der Waals surface area contributed by atoms with E-state index in [9.17, 15) is 9.18 Å². The number of carbonyl (C=O) groups is 1. The normalized spacial score (nSPS) is 21.4. The molecule has 1 amide bonds. The van der Waals surface area contributed by atoms with Gasteiger partial charge in [-0.05, 0) is 64.1 Å². The van der Waals surface area contributed by atoms with Crippen LogP contribution in [-0.2, 0) is 4.74 Å². The smallest absolute Gasteiger partial charge is 0.329 e. The van der Waals surface area contributed by atoms with E-state index in [1.54, 1.807) is 31.4 Å². The lowest BCUT2D eigenvalue weighted by atomic mass is 9.68. The molecule has 4 rings (SSSR count). The SMILES string of the molecule is CC[C@H]1N([C@H](CCCN(CCOC)C(C)C)C(C)C)C[C@@]12CCN(c1nc(F)nnc1ONC(=O)c1ccccc1)C2. The molecule has 0 radical (unpaired) electrons. The van der Waals surface area contributed by atoms with Gasteiger partial charge in [0.1, 0.15) is 0 Å². The summed E-state index contributed by atoms with van der Waals surface area (Å²) < 4.78 is 19.5. The van der Waals surface area contributed by atoms with Gasteiger partial charge in [0.2, 0.25) is 5.82 Å². The van der Waals surface area contributed by atoms with Crippen LogP contribution in [0.25, 0.3) is 0 Å². The third-order valence-electron chi connectivity index (χ3n) is 9.02. The van der Waals surface area contributed by atoms with Crippen LogP contribution in [0, 0.1) is 17.4 Å². The molecule has 1 spiro atoms. The quantitative estimate of drug-likeness (QED) is 0.309. The average Bonchev–Trinajstić information content (AvgIpc) is 3.42. The number of ether oxygens (including phenoxy) is 1. The molecule has 0 bridgehead atoms. The summed E-state index contributed by atoms with van der Waals surface area (Å²) in [7, 11) is 1.76. The van der Waals surface area contributed by atoms with E-state index in [1.165, 1.54) is 0 Å². The number of nitrogens with zero attached hydrogens (tertiary/aromatic N) is 6. The van der Waals surface area contributed by atoms with Crippen LogP contribution in [0.3, 0.4) is 0 Å². The van der Waals surface area contributed by atoms with E-state index < -0.39 is 12.0 Å². The van der Waals surface area contributed by atoms with Gasteiger partial charge in [0.25, 0.3) is 5.91 Å². The number of hydrogen-bond acceptors (Lipinski definition) is 9. The molecule has 3 atom stereocenters. The Hall–Kier alpha value is -2.89. The number of halogens is 1. The molecular weight excluding hydrogens is 537 g/mol. The number of nitrogens with one attached hydrogen (secondary N) is 1. The van der Waals surface area contributed by atoms with Gasteiger partial charge < -0.3 is 14.5 Å². The van der Waals surface area contributed by atoms with Crippen molar-refractivity contribution in [1.29, 1.82) is 0 Å². The summed E-state index contributed by atoms with van der Waals surface area (Å²) in [6.07, 6.45) is 3.42. The second kappa shape index (κ2) is 14.5. The molecule has 42 heavy (non-hydrogen) atoms. The first-order valence-corrected chi connectivity index (χ1v) is 15.3. The molecule has 1 N–H and O–H groups in total. The number of benzene rings is 1. The van der Waals surface area contributed by atoms with Crippen LogP contribution in [0.2, 0.25) is 0 Å². The van der Waals surface area contributed by atoms with Gasteiger partial charge in [0.15, 0.2) is 0 Å². The van der Waals surface area contributed by atoms with Crippen LogP contribution in [0.5, 0.6) is 5.88 Å². The van der Waals surface area contributed by atoms with Crippen molar-refractivity contribution < 1.29 is 18.8 Å². The molecule has 1 aromatic carbocycles. The standard InChI is InChI=1S/C31H48FN7O3/c1-7-26-31(21-39(26)25(22(2)3)14-11-16-37(23(4)5)18-19-41-6)15-17-38(20-31)27-29(34-35-30(32)33-27)42-36-28(40)24-12-9-8-10-13-24/h8-10,12-13,22-23,25-26H,7,11,14-21H2,1-6H3,(H,36,40)/t25-,26-,31+/m1/s1. The molecule has 1 aromatic heterocycles. The molecule has 10 nitrogen and oxygen atoms in total. The van der Waals surface area contributed by atoms with E-state index in [4.69, 9.17) is 9.57 Å². The van der Waals surface area contributed by atoms with Gasteiger partial charge in [0, 0.05) is 62.4 Å². The van der Waals surface area contributed by atoms with Gasteiger partial charge >= 0.3 is 12.0 Å². The first-order valence-electron chi connectivity index (χ1n) is 15.3. The summed E-state index contributed by atoms with van der Waals surface area (Å²) in [4.78, 5) is 29.3. The van der Waals surface area contributed by atoms with Crippen molar-refractivity contribution in [1.82, 2.24) is 30.5 Å². The maximum absolute atomic E-state index is 14.2. The number of amides is 1. The fraction of sp³-hybridized carbons (Fsp3) is 0.677. The third-order valence-corrected chi connectivity index (χ3v) is 9.02. The van der Waals surface area contributed by atoms with Crippen molar-refractivity contribution in [2.75, 3.05) is 51.3 Å². The second-order valence-corrected chi connectivity index (χ2v) is 12.3. The van der Waals surface area contributed by atoms with Gasteiger partial charge in [0.05, 0.1) is 6.61 Å². The van der Waals surface area contributed by atoms with Crippen molar-refractivity contribution in [3.63, 3.8) is 0 Å². The topological polar surface area (TPSA) is 96.0 Å². The average molecular weight is 586 g/mol. The molecule has 2 aromatic rings. The maximum atomic E-state index is 14.2. The summed E-state index contributed by atoms with van der Waals surface area (Å²) >= 11 is 0. The van der Waals surface area contributed by atoms with E-state index in [-0.39, 0.29) is 17.1 Å². The summed E-state index contributed by atoms with van der Waals surface area (Å²) in [6.45, 7) is 16.7. The molecule has 2 saturated heterocycles. The minimum atomic E-state index is -0.921. The van der Waals surface area contributed by atoms with Gasteiger partial charge in [-0.2, -0.15) is 14.9 Å². The highest BCUT2D eigenvalue weighted by Crippen LogP contribution is 2.50. The second-order valence-electron chi connectivity index (χ2n) is 12.3. The summed E-state index contributed by atoms with van der Waals surface area (Å²) in [5.41, 5.74) is 2.93. The van der Waals surface area contributed by atoms with E-state index in [0.29, 0.717) is 36.2 Å². The van der Waals surface area contributed by atoms with Crippen molar-refractivity contribution in [2.24, 2.45) is 11.3 Å². The number of hydrogen-bond donors (Lipinski definition) is 1. The van der Waals surface area contributed by atoms with Crippen molar-refractivity contribution >= 4 is 11.7 Å². The predicted octanol–water partition coefficient (Wildman–Crippen LogP) is 4.19. The van der Waals surface area contributed by atoms with Gasteiger partial charge in [-0.15, -0.1) is 5.10 Å². The Bertz CT molecular complexity index is 1150. The van der Waals surface area contributed by atoms with E-state index >= 15 is 0 Å². The van der Waals surface area contributed by atoms with Crippen molar-refractivity contribution in [3.8, 4) is 5.88 Å². The van der Waals surface area contributed by atoms with E-state index in [1.807, 2.05) is 11.0 Å². The van der Waals surface area contributed by atoms with E-state index in [2.05, 4.69) is 65.1 Å². The van der Waals surface area contributed by atoms with Crippen LogP contribution in [0.15, 0.2) is 30.3 Å². The highest BCUT2D eigenvalue weighted by molar-refractivity contribution is 5.93. The maximum Gasteiger partial charge on any atom is 0.329 e. The largest absolute Gasteiger partial charge is 0.383 e. The molecule has 2 fully saturated rings. The van der Waals surface area contributed by atoms with Gasteiger partial charge in [-0.3, -0.25) is 14.6 Å². The monoisotopic (exact) mass is 585 g/mol. The lowest BCUT2D eigenvalue weighted by molar-refractivity contribution is -0.103. The first-order chi connectivity index (χ1) is 20.2. The molecule has 0 unspecified atom stereocenters. The van der Waals surface area contributed by atoms with Crippen molar-refractivity contribution in [2.45, 2.75) is 78.4 Å².